The minimum atomic E-state index is -0.0940. The van der Waals surface area contributed by atoms with Gasteiger partial charge in [-0.2, -0.15) is 0 Å². The first-order valence-electron chi connectivity index (χ1n) is 10.6. The molecule has 4 aromatic rings. The quantitative estimate of drug-likeness (QED) is 0.383. The summed E-state index contributed by atoms with van der Waals surface area (Å²) in [5.41, 5.74) is 2.77. The van der Waals surface area contributed by atoms with Crippen LogP contribution < -0.4 is 10.6 Å². The third-order valence-electron chi connectivity index (χ3n) is 5.78. The van der Waals surface area contributed by atoms with Crippen molar-refractivity contribution in [1.29, 1.82) is 0 Å². The predicted octanol–water partition coefficient (Wildman–Crippen LogP) is 4.56. The lowest BCUT2D eigenvalue weighted by Gasteiger charge is -2.26. The van der Waals surface area contributed by atoms with Crippen molar-refractivity contribution in [2.45, 2.75) is 18.5 Å². The summed E-state index contributed by atoms with van der Waals surface area (Å²) in [4.78, 5) is 22.8. The Hall–Kier alpha value is -3.71. The number of carbonyl (C=O) groups is 1. The minimum Gasteiger partial charge on any atom is -0.363 e. The van der Waals surface area contributed by atoms with E-state index in [-0.39, 0.29) is 18.0 Å². The molecule has 2 aromatic heterocycles. The van der Waals surface area contributed by atoms with Gasteiger partial charge in [0.25, 0.3) is 0 Å². The van der Waals surface area contributed by atoms with E-state index in [1.165, 1.54) is 0 Å². The number of anilines is 1. The highest BCUT2D eigenvalue weighted by atomic mass is 32.1. The predicted molar refractivity (Wildman–Crippen MR) is 130 cm³/mol. The molecule has 160 valence electrons. The van der Waals surface area contributed by atoms with E-state index in [0.717, 1.165) is 27.8 Å². The highest BCUT2D eigenvalue weighted by Gasteiger charge is 2.40. The van der Waals surface area contributed by atoms with Gasteiger partial charge in [0.15, 0.2) is 5.11 Å². The number of aromatic amines is 1. The maximum atomic E-state index is 12.8. The van der Waals surface area contributed by atoms with Crippen LogP contribution in [-0.4, -0.2) is 32.4 Å². The molecule has 7 heteroatoms. The first-order chi connectivity index (χ1) is 15.7. The Morgan fingerprint density at radius 2 is 1.88 bits per heavy atom. The number of thiocarbonyl (C=S) groups is 1. The Morgan fingerprint density at radius 3 is 2.69 bits per heavy atom. The number of carbonyl (C=O) groups excluding carboxylic acids is 1. The van der Waals surface area contributed by atoms with Crippen LogP contribution in [0.25, 0.3) is 10.8 Å². The second-order valence-corrected chi connectivity index (χ2v) is 8.16. The number of amides is 1. The van der Waals surface area contributed by atoms with Crippen LogP contribution in [0.3, 0.4) is 0 Å². The molecule has 1 aliphatic heterocycles. The number of nitrogens with one attached hydrogen (secondary N) is 3. The van der Waals surface area contributed by atoms with Crippen molar-refractivity contribution >= 4 is 39.7 Å². The number of pyridine rings is 1. The lowest BCUT2D eigenvalue weighted by Crippen LogP contribution is -2.32. The average molecular weight is 442 g/mol. The van der Waals surface area contributed by atoms with E-state index in [1.54, 1.807) is 6.20 Å². The molecule has 1 aliphatic rings. The number of aromatic nitrogens is 2. The molecule has 1 saturated heterocycles. The van der Waals surface area contributed by atoms with Gasteiger partial charge in [-0.05, 0) is 47.9 Å². The molecule has 0 saturated carbocycles. The topological polar surface area (TPSA) is 73.0 Å². The lowest BCUT2D eigenvalue weighted by atomic mass is 10.0. The van der Waals surface area contributed by atoms with Gasteiger partial charge in [0.1, 0.15) is 0 Å². The smallest absolute Gasteiger partial charge is 0.226 e. The summed E-state index contributed by atoms with van der Waals surface area (Å²) >= 11 is 5.65. The number of fused-ring (bicyclic) bond motifs is 1. The minimum absolute atomic E-state index is 0.0457. The van der Waals surface area contributed by atoms with Crippen molar-refractivity contribution in [3.05, 3.63) is 96.6 Å². The van der Waals surface area contributed by atoms with Gasteiger partial charge in [0, 0.05) is 42.1 Å². The largest absolute Gasteiger partial charge is 0.363 e. The highest BCUT2D eigenvalue weighted by molar-refractivity contribution is 7.80. The summed E-state index contributed by atoms with van der Waals surface area (Å²) in [6.45, 7) is 0.495. The van der Waals surface area contributed by atoms with Gasteiger partial charge in [-0.15, -0.1) is 0 Å². The molecule has 32 heavy (non-hydrogen) atoms. The molecule has 0 unspecified atom stereocenters. The van der Waals surface area contributed by atoms with Crippen LogP contribution in [0.4, 0.5) is 5.69 Å². The van der Waals surface area contributed by atoms with Crippen molar-refractivity contribution in [3.8, 4) is 0 Å². The summed E-state index contributed by atoms with van der Waals surface area (Å²) < 4.78 is 0. The van der Waals surface area contributed by atoms with Gasteiger partial charge in [0.2, 0.25) is 5.91 Å². The Labute approximate surface area is 191 Å². The van der Waals surface area contributed by atoms with Gasteiger partial charge in [0.05, 0.1) is 17.8 Å². The molecule has 0 aliphatic carbocycles. The molecule has 3 heterocycles. The van der Waals surface area contributed by atoms with E-state index < -0.39 is 0 Å². The van der Waals surface area contributed by atoms with Crippen molar-refractivity contribution in [2.24, 2.45) is 0 Å². The molecule has 0 bridgehead atoms. The molecule has 2 aromatic carbocycles. The summed E-state index contributed by atoms with van der Waals surface area (Å²) in [6.07, 6.45) is 4.00. The zero-order valence-corrected chi connectivity index (χ0v) is 18.2. The molecular weight excluding hydrogens is 418 g/mol. The zero-order chi connectivity index (χ0) is 21.9. The molecule has 2 atom stereocenters. The van der Waals surface area contributed by atoms with E-state index in [2.05, 4.69) is 25.5 Å². The zero-order valence-electron chi connectivity index (χ0n) is 17.4. The summed E-state index contributed by atoms with van der Waals surface area (Å²) in [5, 5.41) is 9.22. The van der Waals surface area contributed by atoms with Gasteiger partial charge >= 0.3 is 0 Å². The summed E-state index contributed by atoms with van der Waals surface area (Å²) in [5.74, 6) is -0.0457. The Kier molecular flexibility index (Phi) is 5.56. The number of nitrogens with zero attached hydrogens (tertiary/aromatic N) is 2. The first kappa shape index (κ1) is 20.2. The molecule has 1 amide bonds. The van der Waals surface area contributed by atoms with Crippen LogP contribution in [0.5, 0.6) is 0 Å². The van der Waals surface area contributed by atoms with Crippen LogP contribution in [-0.2, 0) is 4.79 Å². The van der Waals surface area contributed by atoms with Gasteiger partial charge < -0.3 is 20.5 Å². The van der Waals surface area contributed by atoms with Crippen LogP contribution in [0, 0.1) is 0 Å². The molecule has 0 spiro atoms. The highest BCUT2D eigenvalue weighted by Crippen LogP contribution is 2.37. The normalized spacial score (nSPS) is 18.0. The van der Waals surface area contributed by atoms with Crippen molar-refractivity contribution in [2.75, 3.05) is 11.9 Å². The van der Waals surface area contributed by atoms with Crippen molar-refractivity contribution in [1.82, 2.24) is 20.2 Å². The van der Waals surface area contributed by atoms with E-state index in [0.29, 0.717) is 18.1 Å². The number of hydrogen-bond donors (Lipinski definition) is 3. The molecule has 3 N–H and O–H groups in total. The SMILES string of the molecule is O=C(CCN1C(=S)N[C@@H](c2ccccn2)[C@@H]1c1ccc[nH]1)Nc1cccc2ccccc12. The second-order valence-electron chi connectivity index (χ2n) is 7.77. The number of H-pyrrole nitrogens is 1. The van der Waals surface area contributed by atoms with E-state index >= 15 is 0 Å². The first-order valence-corrected chi connectivity index (χ1v) is 11.0. The van der Waals surface area contributed by atoms with E-state index in [9.17, 15) is 4.79 Å². The third-order valence-corrected chi connectivity index (χ3v) is 6.13. The molecular formula is C25H23N5OS. The Bertz CT molecular complexity index is 1240. The van der Waals surface area contributed by atoms with Crippen LogP contribution in [0.2, 0.25) is 0 Å². The molecule has 5 rings (SSSR count). The van der Waals surface area contributed by atoms with Crippen molar-refractivity contribution < 1.29 is 4.79 Å². The standard InChI is InChI=1S/C25H23N5OS/c31-22(28-19-11-5-8-17-7-1-2-9-18(17)19)13-16-30-24(21-12-6-15-27-21)23(29-25(30)32)20-10-3-4-14-26-20/h1-12,14-15,23-24,27H,13,16H2,(H,28,31)(H,29,32)/t23-,24-/m0/s1. The van der Waals surface area contributed by atoms with Gasteiger partial charge in [-0.1, -0.05) is 42.5 Å². The maximum absolute atomic E-state index is 12.8. The number of benzene rings is 2. The summed E-state index contributed by atoms with van der Waals surface area (Å²) in [6, 6.07) is 23.7. The van der Waals surface area contributed by atoms with Gasteiger partial charge in [-0.3, -0.25) is 9.78 Å². The molecule has 0 radical (unpaired) electrons. The fraction of sp³-hybridized carbons (Fsp3) is 0.160. The van der Waals surface area contributed by atoms with Crippen LogP contribution in [0.1, 0.15) is 29.9 Å². The fourth-order valence-corrected chi connectivity index (χ4v) is 4.61. The summed E-state index contributed by atoms with van der Waals surface area (Å²) in [7, 11) is 0. The molecule has 1 fully saturated rings. The third kappa shape index (κ3) is 3.94. The van der Waals surface area contributed by atoms with E-state index in [1.807, 2.05) is 79.0 Å². The lowest BCUT2D eigenvalue weighted by molar-refractivity contribution is -0.116. The second kappa shape index (κ2) is 8.80. The van der Waals surface area contributed by atoms with Crippen molar-refractivity contribution in [3.63, 3.8) is 0 Å². The number of hydrogen-bond acceptors (Lipinski definition) is 3. The fourth-order valence-electron chi connectivity index (χ4n) is 4.28. The van der Waals surface area contributed by atoms with E-state index in [4.69, 9.17) is 12.2 Å². The average Bonchev–Trinajstić information content (AvgIpc) is 3.46. The maximum Gasteiger partial charge on any atom is 0.226 e. The van der Waals surface area contributed by atoms with Gasteiger partial charge in [-0.25, -0.2) is 0 Å². The Balaban J connectivity index is 1.33. The molecule has 6 nitrogen and oxygen atoms in total. The van der Waals surface area contributed by atoms with Crippen LogP contribution >= 0.6 is 12.2 Å². The Morgan fingerprint density at radius 1 is 1.03 bits per heavy atom. The van der Waals surface area contributed by atoms with Crippen LogP contribution in [0.15, 0.2) is 85.2 Å². The number of rotatable bonds is 6. The monoisotopic (exact) mass is 441 g/mol.